The summed E-state index contributed by atoms with van der Waals surface area (Å²) in [4.78, 5) is 0. The lowest BCUT2D eigenvalue weighted by Gasteiger charge is -2.29. The highest BCUT2D eigenvalue weighted by atomic mass is 16.5. The van der Waals surface area contributed by atoms with Crippen molar-refractivity contribution in [1.29, 1.82) is 0 Å². The van der Waals surface area contributed by atoms with Gasteiger partial charge in [-0.15, -0.1) is 0 Å². The average Bonchev–Trinajstić information content (AvgIpc) is 2.59. The molecule has 2 unspecified atom stereocenters. The number of rotatable bonds is 8. The minimum Gasteiger partial charge on any atom is -0.377 e. The third kappa shape index (κ3) is 4.40. The second kappa shape index (κ2) is 7.25. The number of nitrogens with one attached hydrogen (secondary N) is 1. The van der Waals surface area contributed by atoms with Crippen LogP contribution in [0.15, 0.2) is 0 Å². The topological polar surface area (TPSA) is 47.3 Å². The van der Waals surface area contributed by atoms with Crippen molar-refractivity contribution in [2.24, 2.45) is 5.73 Å². The van der Waals surface area contributed by atoms with Crippen LogP contribution in [0.25, 0.3) is 0 Å². The van der Waals surface area contributed by atoms with Crippen molar-refractivity contribution in [3.63, 3.8) is 0 Å². The molecular weight excluding hydrogens is 200 g/mol. The fourth-order valence-corrected chi connectivity index (χ4v) is 2.24. The van der Waals surface area contributed by atoms with E-state index in [1.807, 2.05) is 0 Å². The van der Waals surface area contributed by atoms with Crippen LogP contribution in [-0.4, -0.2) is 31.3 Å². The van der Waals surface area contributed by atoms with Gasteiger partial charge in [-0.25, -0.2) is 0 Å². The standard InChI is InChI=1S/C13H28N2O/c1-12-13(2,8-11-16-12)15-10-7-5-3-4-6-9-14/h12,15H,3-11,14H2,1-2H3. The van der Waals surface area contributed by atoms with Crippen LogP contribution in [0.5, 0.6) is 0 Å². The molecule has 0 aromatic carbocycles. The maximum atomic E-state index is 5.60. The molecule has 1 heterocycles. The number of nitrogens with two attached hydrogens (primary N) is 1. The lowest BCUT2D eigenvalue weighted by Crippen LogP contribution is -2.48. The fourth-order valence-electron chi connectivity index (χ4n) is 2.24. The van der Waals surface area contributed by atoms with Crippen LogP contribution in [0.3, 0.4) is 0 Å². The number of hydrogen-bond acceptors (Lipinski definition) is 3. The zero-order valence-electron chi connectivity index (χ0n) is 10.9. The van der Waals surface area contributed by atoms with Crippen LogP contribution in [0.2, 0.25) is 0 Å². The van der Waals surface area contributed by atoms with Gasteiger partial charge in [0, 0.05) is 12.1 Å². The van der Waals surface area contributed by atoms with E-state index in [0.29, 0.717) is 6.10 Å². The summed E-state index contributed by atoms with van der Waals surface area (Å²) < 4.78 is 5.60. The molecule has 3 N–H and O–H groups in total. The first-order valence-corrected chi connectivity index (χ1v) is 6.76. The van der Waals surface area contributed by atoms with Gasteiger partial charge < -0.3 is 15.8 Å². The molecule has 0 amide bonds. The second-order valence-electron chi connectivity index (χ2n) is 5.16. The maximum Gasteiger partial charge on any atom is 0.0726 e. The molecule has 1 fully saturated rings. The van der Waals surface area contributed by atoms with Gasteiger partial charge in [0.2, 0.25) is 0 Å². The Morgan fingerprint density at radius 1 is 1.25 bits per heavy atom. The molecule has 2 atom stereocenters. The van der Waals surface area contributed by atoms with Crippen molar-refractivity contribution in [2.75, 3.05) is 19.7 Å². The van der Waals surface area contributed by atoms with Crippen LogP contribution >= 0.6 is 0 Å². The predicted octanol–water partition coefficient (Wildman–Crippen LogP) is 2.05. The van der Waals surface area contributed by atoms with Crippen LogP contribution < -0.4 is 11.1 Å². The van der Waals surface area contributed by atoms with E-state index in [-0.39, 0.29) is 5.54 Å². The quantitative estimate of drug-likeness (QED) is 0.625. The van der Waals surface area contributed by atoms with Gasteiger partial charge in [0.25, 0.3) is 0 Å². The highest BCUT2D eigenvalue weighted by molar-refractivity contribution is 4.93. The van der Waals surface area contributed by atoms with Crippen molar-refractivity contribution in [3.05, 3.63) is 0 Å². The second-order valence-corrected chi connectivity index (χ2v) is 5.16. The van der Waals surface area contributed by atoms with E-state index in [4.69, 9.17) is 10.5 Å². The van der Waals surface area contributed by atoms with Gasteiger partial charge in [0.1, 0.15) is 0 Å². The summed E-state index contributed by atoms with van der Waals surface area (Å²) in [7, 11) is 0. The van der Waals surface area contributed by atoms with Gasteiger partial charge in [-0.05, 0) is 46.2 Å². The Bertz CT molecular complexity index is 187. The first kappa shape index (κ1) is 13.9. The lowest BCUT2D eigenvalue weighted by molar-refractivity contribution is 0.0886. The van der Waals surface area contributed by atoms with Crippen molar-refractivity contribution in [3.8, 4) is 0 Å². The third-order valence-electron chi connectivity index (χ3n) is 3.80. The minimum absolute atomic E-state index is 0.206. The average molecular weight is 228 g/mol. The van der Waals surface area contributed by atoms with E-state index in [0.717, 1.165) is 26.1 Å². The summed E-state index contributed by atoms with van der Waals surface area (Å²) in [5, 5.41) is 3.65. The minimum atomic E-state index is 0.206. The Kier molecular flexibility index (Phi) is 6.32. The zero-order valence-corrected chi connectivity index (χ0v) is 10.9. The molecule has 16 heavy (non-hydrogen) atoms. The van der Waals surface area contributed by atoms with E-state index < -0.39 is 0 Å². The molecule has 96 valence electrons. The summed E-state index contributed by atoms with van der Waals surface area (Å²) in [6.07, 6.45) is 7.86. The van der Waals surface area contributed by atoms with Crippen molar-refractivity contribution in [1.82, 2.24) is 5.32 Å². The molecule has 0 radical (unpaired) electrons. The summed E-state index contributed by atoms with van der Waals surface area (Å²) in [6.45, 7) is 7.31. The summed E-state index contributed by atoms with van der Waals surface area (Å²) in [6, 6.07) is 0. The van der Waals surface area contributed by atoms with E-state index in [2.05, 4.69) is 19.2 Å². The van der Waals surface area contributed by atoms with Gasteiger partial charge in [-0.1, -0.05) is 19.3 Å². The maximum absolute atomic E-state index is 5.60. The summed E-state index contributed by atoms with van der Waals surface area (Å²) in [5.74, 6) is 0. The molecule has 0 saturated carbocycles. The molecule has 0 aliphatic carbocycles. The van der Waals surface area contributed by atoms with E-state index in [1.165, 1.54) is 32.1 Å². The fraction of sp³-hybridized carbons (Fsp3) is 1.00. The van der Waals surface area contributed by atoms with Gasteiger partial charge in [0.15, 0.2) is 0 Å². The highest BCUT2D eigenvalue weighted by Crippen LogP contribution is 2.24. The monoisotopic (exact) mass is 228 g/mol. The van der Waals surface area contributed by atoms with Crippen molar-refractivity contribution < 1.29 is 4.74 Å². The van der Waals surface area contributed by atoms with Gasteiger partial charge in [0.05, 0.1) is 6.10 Å². The van der Waals surface area contributed by atoms with Crippen LogP contribution in [-0.2, 0) is 4.74 Å². The first-order chi connectivity index (χ1) is 7.69. The smallest absolute Gasteiger partial charge is 0.0726 e. The third-order valence-corrected chi connectivity index (χ3v) is 3.80. The normalized spacial score (nSPS) is 29.8. The molecule has 1 aliphatic rings. The largest absolute Gasteiger partial charge is 0.377 e. The molecular formula is C13H28N2O. The SMILES string of the molecule is CC1OCCC1(C)NCCCCCCCN. The van der Waals surface area contributed by atoms with E-state index in [1.54, 1.807) is 0 Å². The van der Waals surface area contributed by atoms with Crippen LogP contribution in [0.1, 0.15) is 52.4 Å². The van der Waals surface area contributed by atoms with Crippen LogP contribution in [0, 0.1) is 0 Å². The van der Waals surface area contributed by atoms with E-state index >= 15 is 0 Å². The predicted molar refractivity (Wildman–Crippen MR) is 68.6 cm³/mol. The lowest BCUT2D eigenvalue weighted by atomic mass is 9.94. The van der Waals surface area contributed by atoms with Gasteiger partial charge >= 0.3 is 0 Å². The molecule has 0 aromatic heterocycles. The molecule has 0 spiro atoms. The first-order valence-electron chi connectivity index (χ1n) is 6.76. The highest BCUT2D eigenvalue weighted by Gasteiger charge is 2.35. The molecule has 1 rings (SSSR count). The molecule has 1 aliphatic heterocycles. The Morgan fingerprint density at radius 3 is 2.56 bits per heavy atom. The Labute approximate surface area is 100 Å². The van der Waals surface area contributed by atoms with E-state index in [9.17, 15) is 0 Å². The van der Waals surface area contributed by atoms with Crippen LogP contribution in [0.4, 0.5) is 0 Å². The van der Waals surface area contributed by atoms with Crippen molar-refractivity contribution >= 4 is 0 Å². The number of ether oxygens (including phenoxy) is 1. The number of hydrogen-bond donors (Lipinski definition) is 2. The Hall–Kier alpha value is -0.120. The molecule has 3 heteroatoms. The Morgan fingerprint density at radius 2 is 1.94 bits per heavy atom. The van der Waals surface area contributed by atoms with Gasteiger partial charge in [-0.2, -0.15) is 0 Å². The molecule has 0 bridgehead atoms. The summed E-state index contributed by atoms with van der Waals surface area (Å²) >= 11 is 0. The zero-order chi connectivity index (χ0) is 11.9. The molecule has 1 saturated heterocycles. The molecule has 3 nitrogen and oxygen atoms in total. The number of unbranched alkanes of at least 4 members (excludes halogenated alkanes) is 4. The summed E-state index contributed by atoms with van der Waals surface area (Å²) in [5.41, 5.74) is 5.66. The van der Waals surface area contributed by atoms with Gasteiger partial charge in [-0.3, -0.25) is 0 Å². The molecule has 0 aromatic rings. The Balaban J connectivity index is 1.98. The van der Waals surface area contributed by atoms with Crippen molar-refractivity contribution in [2.45, 2.75) is 64.0 Å².